The zero-order chi connectivity index (χ0) is 12.6. The molecule has 18 heavy (non-hydrogen) atoms. The summed E-state index contributed by atoms with van der Waals surface area (Å²) in [5.74, 6) is 0. The number of aliphatic hydroxyl groups excluding tert-OH is 1. The van der Waals surface area contributed by atoms with E-state index in [1.54, 1.807) is 0 Å². The Morgan fingerprint density at radius 2 is 2.28 bits per heavy atom. The molecule has 0 saturated carbocycles. The Bertz CT molecular complexity index is 369. The predicted molar refractivity (Wildman–Crippen MR) is 72.9 cm³/mol. The first-order valence-electron chi connectivity index (χ1n) is 6.66. The van der Waals surface area contributed by atoms with Crippen LogP contribution in [-0.2, 0) is 17.7 Å². The van der Waals surface area contributed by atoms with Crippen molar-refractivity contribution in [2.45, 2.75) is 19.4 Å². The zero-order valence-electron chi connectivity index (χ0n) is 10.7. The SMILES string of the molecule is OCCOCCCNCc1cccc2c1NCC2. The third kappa shape index (κ3) is 3.70. The van der Waals surface area contributed by atoms with Crippen molar-refractivity contribution < 1.29 is 9.84 Å². The van der Waals surface area contributed by atoms with E-state index in [0.29, 0.717) is 13.2 Å². The lowest BCUT2D eigenvalue weighted by Crippen LogP contribution is -2.17. The van der Waals surface area contributed by atoms with Gasteiger partial charge in [0.2, 0.25) is 0 Å². The molecule has 3 N–H and O–H groups in total. The Hall–Kier alpha value is -1.10. The van der Waals surface area contributed by atoms with Crippen LogP contribution >= 0.6 is 0 Å². The summed E-state index contributed by atoms with van der Waals surface area (Å²) in [7, 11) is 0. The van der Waals surface area contributed by atoms with Crippen molar-refractivity contribution in [2.75, 3.05) is 38.2 Å². The van der Waals surface area contributed by atoms with E-state index < -0.39 is 0 Å². The van der Waals surface area contributed by atoms with E-state index in [0.717, 1.165) is 32.5 Å². The fourth-order valence-electron chi connectivity index (χ4n) is 2.25. The monoisotopic (exact) mass is 250 g/mol. The lowest BCUT2D eigenvalue weighted by atomic mass is 10.1. The second-order valence-electron chi connectivity index (χ2n) is 4.49. The molecule has 1 aromatic rings. The van der Waals surface area contributed by atoms with Crippen molar-refractivity contribution in [2.24, 2.45) is 0 Å². The highest BCUT2D eigenvalue weighted by Crippen LogP contribution is 2.25. The Morgan fingerprint density at radius 1 is 1.33 bits per heavy atom. The van der Waals surface area contributed by atoms with Gasteiger partial charge in [-0.05, 0) is 30.5 Å². The number of hydrogen-bond donors (Lipinski definition) is 3. The van der Waals surface area contributed by atoms with Gasteiger partial charge < -0.3 is 20.5 Å². The molecule has 0 fully saturated rings. The van der Waals surface area contributed by atoms with Crippen molar-refractivity contribution in [1.82, 2.24) is 5.32 Å². The van der Waals surface area contributed by atoms with Crippen LogP contribution in [0.3, 0.4) is 0 Å². The molecule has 0 unspecified atom stereocenters. The maximum atomic E-state index is 8.56. The molecule has 1 aliphatic heterocycles. The van der Waals surface area contributed by atoms with Gasteiger partial charge in [-0.3, -0.25) is 0 Å². The minimum Gasteiger partial charge on any atom is -0.394 e. The number of rotatable bonds is 8. The fourth-order valence-corrected chi connectivity index (χ4v) is 2.25. The molecule has 0 bridgehead atoms. The third-order valence-corrected chi connectivity index (χ3v) is 3.13. The Morgan fingerprint density at radius 3 is 3.17 bits per heavy atom. The lowest BCUT2D eigenvalue weighted by Gasteiger charge is -2.10. The van der Waals surface area contributed by atoms with Gasteiger partial charge in [0.15, 0.2) is 0 Å². The summed E-state index contributed by atoms with van der Waals surface area (Å²) >= 11 is 0. The highest BCUT2D eigenvalue weighted by molar-refractivity contribution is 5.61. The number of benzene rings is 1. The number of fused-ring (bicyclic) bond motifs is 1. The number of nitrogens with one attached hydrogen (secondary N) is 2. The Kier molecular flexibility index (Phi) is 5.45. The van der Waals surface area contributed by atoms with Crippen molar-refractivity contribution in [1.29, 1.82) is 0 Å². The van der Waals surface area contributed by atoms with Gasteiger partial charge in [0.25, 0.3) is 0 Å². The van der Waals surface area contributed by atoms with Gasteiger partial charge in [-0.2, -0.15) is 0 Å². The molecule has 0 atom stereocenters. The lowest BCUT2D eigenvalue weighted by molar-refractivity contribution is 0.0907. The molecule has 0 aromatic heterocycles. The molecule has 2 rings (SSSR count). The van der Waals surface area contributed by atoms with E-state index in [1.807, 2.05) is 0 Å². The van der Waals surface area contributed by atoms with E-state index in [2.05, 4.69) is 28.8 Å². The summed E-state index contributed by atoms with van der Waals surface area (Å²) in [6.07, 6.45) is 2.11. The largest absolute Gasteiger partial charge is 0.394 e. The number of aliphatic hydroxyl groups is 1. The number of anilines is 1. The summed E-state index contributed by atoms with van der Waals surface area (Å²) in [5, 5.41) is 15.4. The number of hydrogen-bond acceptors (Lipinski definition) is 4. The second-order valence-corrected chi connectivity index (χ2v) is 4.49. The van der Waals surface area contributed by atoms with Crippen molar-refractivity contribution in [3.8, 4) is 0 Å². The second kappa shape index (κ2) is 7.36. The van der Waals surface area contributed by atoms with Crippen LogP contribution < -0.4 is 10.6 Å². The first kappa shape index (κ1) is 13.3. The van der Waals surface area contributed by atoms with Crippen molar-refractivity contribution in [3.05, 3.63) is 29.3 Å². The maximum absolute atomic E-state index is 8.56. The normalized spacial score (nSPS) is 13.4. The molecule has 0 spiro atoms. The molecule has 0 radical (unpaired) electrons. The van der Waals surface area contributed by atoms with Crippen LogP contribution in [-0.4, -0.2) is 38.0 Å². The van der Waals surface area contributed by atoms with Gasteiger partial charge >= 0.3 is 0 Å². The van der Waals surface area contributed by atoms with E-state index in [9.17, 15) is 0 Å². The summed E-state index contributed by atoms with van der Waals surface area (Å²) < 4.78 is 5.21. The molecule has 4 heteroatoms. The molecule has 100 valence electrons. The maximum Gasteiger partial charge on any atom is 0.0697 e. The summed E-state index contributed by atoms with van der Waals surface area (Å²) in [6.45, 7) is 4.15. The first-order valence-corrected chi connectivity index (χ1v) is 6.66. The highest BCUT2D eigenvalue weighted by atomic mass is 16.5. The van der Waals surface area contributed by atoms with Crippen molar-refractivity contribution >= 4 is 5.69 Å². The molecule has 0 amide bonds. The van der Waals surface area contributed by atoms with Gasteiger partial charge in [-0.25, -0.2) is 0 Å². The van der Waals surface area contributed by atoms with E-state index in [1.165, 1.54) is 16.8 Å². The van der Waals surface area contributed by atoms with Crippen molar-refractivity contribution in [3.63, 3.8) is 0 Å². The smallest absolute Gasteiger partial charge is 0.0697 e. The Balaban J connectivity index is 1.66. The van der Waals surface area contributed by atoms with E-state index >= 15 is 0 Å². The van der Waals surface area contributed by atoms with E-state index in [-0.39, 0.29) is 6.61 Å². The molecular weight excluding hydrogens is 228 g/mol. The highest BCUT2D eigenvalue weighted by Gasteiger charge is 2.12. The van der Waals surface area contributed by atoms with Gasteiger partial charge in [0.1, 0.15) is 0 Å². The molecule has 4 nitrogen and oxygen atoms in total. The fraction of sp³-hybridized carbons (Fsp3) is 0.571. The minimum absolute atomic E-state index is 0.106. The molecule has 1 aromatic carbocycles. The third-order valence-electron chi connectivity index (χ3n) is 3.13. The number of ether oxygens (including phenoxy) is 1. The van der Waals surface area contributed by atoms with Crippen LogP contribution in [0, 0.1) is 0 Å². The zero-order valence-corrected chi connectivity index (χ0v) is 10.7. The predicted octanol–water partition coefficient (Wildman–Crippen LogP) is 1.14. The van der Waals surface area contributed by atoms with Crippen LogP contribution in [0.5, 0.6) is 0 Å². The summed E-state index contributed by atoms with van der Waals surface area (Å²) in [6, 6.07) is 6.50. The van der Waals surface area contributed by atoms with E-state index in [4.69, 9.17) is 9.84 Å². The molecule has 1 aliphatic rings. The topological polar surface area (TPSA) is 53.5 Å². The van der Waals surface area contributed by atoms with Gasteiger partial charge in [-0.15, -0.1) is 0 Å². The first-order chi connectivity index (χ1) is 8.92. The average molecular weight is 250 g/mol. The molecule has 0 aliphatic carbocycles. The average Bonchev–Trinajstić information content (AvgIpc) is 2.86. The molecular formula is C14H22N2O2. The van der Waals surface area contributed by atoms with Crippen LogP contribution in [0.15, 0.2) is 18.2 Å². The van der Waals surface area contributed by atoms with Crippen LogP contribution in [0.2, 0.25) is 0 Å². The summed E-state index contributed by atoms with van der Waals surface area (Å²) in [5.41, 5.74) is 4.10. The standard InChI is InChI=1S/C14H22N2O2/c17-8-10-18-9-2-6-15-11-13-4-1-3-12-5-7-16-14(12)13/h1,3-4,15-17H,2,5-11H2. The van der Waals surface area contributed by atoms with Gasteiger partial charge in [0, 0.05) is 25.4 Å². The minimum atomic E-state index is 0.106. The van der Waals surface area contributed by atoms with Gasteiger partial charge in [-0.1, -0.05) is 18.2 Å². The number of para-hydroxylation sites is 1. The molecule has 1 heterocycles. The molecule has 0 saturated heterocycles. The van der Waals surface area contributed by atoms with Gasteiger partial charge in [0.05, 0.1) is 13.2 Å². The Labute approximate surface area is 108 Å². The summed E-state index contributed by atoms with van der Waals surface area (Å²) in [4.78, 5) is 0. The van der Waals surface area contributed by atoms with Crippen LogP contribution in [0.4, 0.5) is 5.69 Å². The quantitative estimate of drug-likeness (QED) is 0.606. The van der Waals surface area contributed by atoms with Crippen LogP contribution in [0.25, 0.3) is 0 Å². The van der Waals surface area contributed by atoms with Crippen LogP contribution in [0.1, 0.15) is 17.5 Å².